The first-order valence-electron chi connectivity index (χ1n) is 18.5. The molecule has 268 valence electrons. The molecule has 0 fully saturated rings. The van der Waals surface area contributed by atoms with Crippen LogP contribution in [0.4, 0.5) is 5.82 Å². The molecule has 0 aliphatic carbocycles. The zero-order valence-electron chi connectivity index (χ0n) is 31.0. The molecule has 0 N–H and O–H groups in total. The van der Waals surface area contributed by atoms with E-state index in [0.29, 0.717) is 37.9 Å². The Kier molecular flexibility index (Phi) is 17.8. The average molecular weight is 679 g/mol. The van der Waals surface area contributed by atoms with Gasteiger partial charge in [0.2, 0.25) is 0 Å². The molecule has 50 heavy (non-hydrogen) atoms. The molecule has 7 nitrogen and oxygen atoms in total. The highest BCUT2D eigenvalue weighted by atomic mass is 16.5. The van der Waals surface area contributed by atoms with Gasteiger partial charge in [0.05, 0.1) is 25.5 Å². The second-order valence-electron chi connectivity index (χ2n) is 13.2. The molecule has 0 unspecified atom stereocenters. The maximum atomic E-state index is 11.9. The average Bonchev–Trinajstić information content (AvgIpc) is 3.13. The first-order valence-corrected chi connectivity index (χ1v) is 18.5. The lowest BCUT2D eigenvalue weighted by atomic mass is 10.00. The largest absolute Gasteiger partial charge is 0.497 e. The second kappa shape index (κ2) is 22.3. The SMILES string of the molecule is C=CC[C@@H](CCCC)COc1nc(CC)c(CC/C=C/Cc2cc(OC)cc3ccccc23)c(N(CCCCC(=O)C=C)C[C@@H](C)CC#N)n1. The molecule has 0 amide bonds. The zero-order valence-corrected chi connectivity index (χ0v) is 31.0. The van der Waals surface area contributed by atoms with Gasteiger partial charge in [-0.05, 0) is 97.7 Å². The lowest BCUT2D eigenvalue weighted by molar-refractivity contribution is -0.114. The van der Waals surface area contributed by atoms with Gasteiger partial charge in [0, 0.05) is 31.5 Å². The van der Waals surface area contributed by atoms with Gasteiger partial charge in [-0.15, -0.1) is 6.58 Å². The number of rotatable bonds is 25. The minimum atomic E-state index is 0.0620. The van der Waals surface area contributed by atoms with Crippen molar-refractivity contribution in [3.8, 4) is 17.8 Å². The number of hydrogen-bond donors (Lipinski definition) is 0. The van der Waals surface area contributed by atoms with Gasteiger partial charge >= 0.3 is 6.01 Å². The number of carbonyl (C=O) groups is 1. The van der Waals surface area contributed by atoms with E-state index in [1.165, 1.54) is 22.4 Å². The van der Waals surface area contributed by atoms with E-state index >= 15 is 0 Å². The number of methoxy groups -OCH3 is 1. The van der Waals surface area contributed by atoms with E-state index < -0.39 is 0 Å². The van der Waals surface area contributed by atoms with Gasteiger partial charge in [-0.2, -0.15) is 15.2 Å². The number of aromatic nitrogens is 2. The quantitative estimate of drug-likeness (QED) is 0.0501. The molecule has 1 heterocycles. The Morgan fingerprint density at radius 3 is 2.64 bits per heavy atom. The summed E-state index contributed by atoms with van der Waals surface area (Å²) in [4.78, 5) is 24.3. The first-order chi connectivity index (χ1) is 24.4. The molecule has 2 atom stereocenters. The van der Waals surface area contributed by atoms with E-state index in [4.69, 9.17) is 19.4 Å². The topological polar surface area (TPSA) is 88.3 Å². The Morgan fingerprint density at radius 1 is 1.10 bits per heavy atom. The number of carbonyl (C=O) groups excluding carboxylic acids is 1. The Balaban J connectivity index is 1.92. The fraction of sp³-hybridized carbons (Fsp3) is 0.488. The molecule has 0 aliphatic heterocycles. The summed E-state index contributed by atoms with van der Waals surface area (Å²) in [7, 11) is 1.71. The smallest absolute Gasteiger partial charge is 0.318 e. The lowest BCUT2D eigenvalue weighted by Crippen LogP contribution is -2.32. The summed E-state index contributed by atoms with van der Waals surface area (Å²) in [5, 5.41) is 11.9. The molecule has 3 rings (SSSR count). The summed E-state index contributed by atoms with van der Waals surface area (Å²) in [6.07, 6.45) is 17.8. The minimum Gasteiger partial charge on any atom is -0.497 e. The molecule has 0 saturated carbocycles. The summed E-state index contributed by atoms with van der Waals surface area (Å²) >= 11 is 0. The number of ether oxygens (including phenoxy) is 2. The Bertz CT molecular complexity index is 1590. The van der Waals surface area contributed by atoms with Crippen molar-refractivity contribution in [2.45, 2.75) is 97.8 Å². The molecule has 0 aliphatic rings. The van der Waals surface area contributed by atoms with E-state index in [9.17, 15) is 10.1 Å². The second-order valence-corrected chi connectivity index (χ2v) is 13.2. The summed E-state index contributed by atoms with van der Waals surface area (Å²) in [6.45, 7) is 16.0. The van der Waals surface area contributed by atoms with Crippen LogP contribution in [0.25, 0.3) is 10.8 Å². The van der Waals surface area contributed by atoms with Crippen molar-refractivity contribution in [3.05, 3.63) is 90.7 Å². The number of nitriles is 1. The Morgan fingerprint density at radius 2 is 1.92 bits per heavy atom. The summed E-state index contributed by atoms with van der Waals surface area (Å²) < 4.78 is 11.9. The molecule has 3 aromatic rings. The number of ketones is 1. The van der Waals surface area contributed by atoms with Crippen LogP contribution in [0.2, 0.25) is 0 Å². The highest BCUT2D eigenvalue weighted by Gasteiger charge is 2.22. The maximum absolute atomic E-state index is 11.9. The number of hydrogen-bond acceptors (Lipinski definition) is 7. The van der Waals surface area contributed by atoms with Gasteiger partial charge in [0.15, 0.2) is 5.78 Å². The normalized spacial score (nSPS) is 12.4. The minimum absolute atomic E-state index is 0.0620. The number of aryl methyl sites for hydroxylation is 1. The fourth-order valence-electron chi connectivity index (χ4n) is 6.35. The van der Waals surface area contributed by atoms with Crippen molar-refractivity contribution in [1.82, 2.24) is 9.97 Å². The van der Waals surface area contributed by atoms with Crippen molar-refractivity contribution in [2.24, 2.45) is 11.8 Å². The summed E-state index contributed by atoms with van der Waals surface area (Å²) in [5.74, 6) is 2.32. The number of allylic oxidation sites excluding steroid dienone is 4. The van der Waals surface area contributed by atoms with Crippen LogP contribution in [0.15, 0.2) is 73.9 Å². The highest BCUT2D eigenvalue weighted by Crippen LogP contribution is 2.29. The number of nitrogens with zero attached hydrogens (tertiary/aromatic N) is 4. The number of unbranched alkanes of at least 4 members (excludes halogenated alkanes) is 2. The summed E-state index contributed by atoms with van der Waals surface area (Å²) in [5.41, 5.74) is 3.35. The zero-order chi connectivity index (χ0) is 36.1. The predicted molar refractivity (Wildman–Crippen MR) is 207 cm³/mol. The number of fused-ring (bicyclic) bond motifs is 1. The predicted octanol–water partition coefficient (Wildman–Crippen LogP) is 9.98. The van der Waals surface area contributed by atoms with E-state index in [1.807, 2.05) is 6.08 Å². The number of anilines is 1. The molecule has 2 aromatic carbocycles. The molecule has 0 spiro atoms. The number of benzene rings is 2. The van der Waals surface area contributed by atoms with Crippen molar-refractivity contribution in [3.63, 3.8) is 0 Å². The van der Waals surface area contributed by atoms with Crippen molar-refractivity contribution >= 4 is 22.4 Å². The van der Waals surface area contributed by atoms with Crippen LogP contribution >= 0.6 is 0 Å². The molecule has 0 bridgehead atoms. The first kappa shape index (κ1) is 40.0. The fourth-order valence-corrected chi connectivity index (χ4v) is 6.35. The van der Waals surface area contributed by atoms with Crippen LogP contribution in [0.1, 0.15) is 95.4 Å². The third-order valence-electron chi connectivity index (χ3n) is 9.12. The molecule has 0 saturated heterocycles. The van der Waals surface area contributed by atoms with Crippen LogP contribution < -0.4 is 14.4 Å². The Hall–Kier alpha value is -4.44. The van der Waals surface area contributed by atoms with Crippen LogP contribution in [-0.2, 0) is 24.1 Å². The van der Waals surface area contributed by atoms with Crippen molar-refractivity contribution in [2.75, 3.05) is 31.7 Å². The third kappa shape index (κ3) is 12.8. The van der Waals surface area contributed by atoms with Gasteiger partial charge in [0.25, 0.3) is 0 Å². The Labute approximate surface area is 301 Å². The monoisotopic (exact) mass is 678 g/mol. The van der Waals surface area contributed by atoms with E-state index in [2.05, 4.69) is 93.4 Å². The van der Waals surface area contributed by atoms with Gasteiger partial charge in [-0.1, -0.05) is 82.7 Å². The van der Waals surface area contributed by atoms with E-state index in [1.54, 1.807) is 7.11 Å². The molecule has 1 aromatic heterocycles. The van der Waals surface area contributed by atoms with Gasteiger partial charge < -0.3 is 14.4 Å². The van der Waals surface area contributed by atoms with E-state index in [0.717, 1.165) is 93.6 Å². The van der Waals surface area contributed by atoms with Crippen molar-refractivity contribution < 1.29 is 14.3 Å². The van der Waals surface area contributed by atoms with Crippen LogP contribution in [-0.4, -0.2) is 42.6 Å². The molecular weight excluding hydrogens is 620 g/mol. The standard InChI is InChI=1S/C43H58N4O3/c1-7-11-20-34(19-8-2)32-50-43-45-41(10-4)40(42(46-43)47(31-33(5)26-27-44)28-18-17-23-37(48)9-3)25-14-12-13-21-35-29-38(49-6)30-36-22-15-16-24-39(35)36/h8-9,12-13,15-16,22,24,29-30,33-34H,2-3,7,10-11,14,17-21,23,25-26,28,31-32H2,1,4-6H3/b13-12+/t33-,34-/m0/s1. The van der Waals surface area contributed by atoms with Gasteiger partial charge in [-0.3, -0.25) is 4.79 Å². The molecule has 7 heteroatoms. The van der Waals surface area contributed by atoms with Crippen LogP contribution in [0.3, 0.4) is 0 Å². The van der Waals surface area contributed by atoms with Crippen LogP contribution in [0, 0.1) is 23.2 Å². The van der Waals surface area contributed by atoms with E-state index in [-0.39, 0.29) is 11.7 Å². The third-order valence-corrected chi connectivity index (χ3v) is 9.12. The van der Waals surface area contributed by atoms with Gasteiger partial charge in [-0.25, -0.2) is 0 Å². The van der Waals surface area contributed by atoms with Crippen molar-refractivity contribution in [1.29, 1.82) is 5.26 Å². The van der Waals surface area contributed by atoms with Gasteiger partial charge in [0.1, 0.15) is 11.6 Å². The highest BCUT2D eigenvalue weighted by molar-refractivity contribution is 5.89. The van der Waals surface area contributed by atoms with Crippen LogP contribution in [0.5, 0.6) is 11.8 Å². The molecule has 0 radical (unpaired) electrons. The maximum Gasteiger partial charge on any atom is 0.318 e. The lowest BCUT2D eigenvalue weighted by Gasteiger charge is -2.29. The molecular formula is C43H58N4O3. The summed E-state index contributed by atoms with van der Waals surface area (Å²) in [6, 6.07) is 15.4.